The van der Waals surface area contributed by atoms with Crippen molar-refractivity contribution in [3.63, 3.8) is 0 Å². The molecule has 0 bridgehead atoms. The summed E-state index contributed by atoms with van der Waals surface area (Å²) in [6.45, 7) is 2.07. The molecule has 1 aromatic carbocycles. The summed E-state index contributed by atoms with van der Waals surface area (Å²) in [4.78, 5) is 7.66. The predicted octanol–water partition coefficient (Wildman–Crippen LogP) is 3.68. The van der Waals surface area contributed by atoms with E-state index in [9.17, 15) is 0 Å². The largest absolute Gasteiger partial charge is 0.360 e. The Hall–Kier alpha value is -1.54. The zero-order chi connectivity index (χ0) is 10.4. The lowest BCUT2D eigenvalue weighted by Crippen LogP contribution is -1.80. The number of halogens is 1. The molecule has 3 heteroatoms. The molecule has 0 atom stereocenters. The van der Waals surface area contributed by atoms with Crippen LogP contribution >= 0.6 is 11.6 Å². The maximum absolute atomic E-state index is 5.98. The Kier molecular flexibility index (Phi) is 1.73. The number of fused-ring (bicyclic) bond motifs is 3. The smallest absolute Gasteiger partial charge is 0.0724 e. The highest BCUT2D eigenvalue weighted by Crippen LogP contribution is 2.26. The molecule has 0 aliphatic carbocycles. The molecule has 0 saturated heterocycles. The van der Waals surface area contributed by atoms with Crippen LogP contribution < -0.4 is 0 Å². The fourth-order valence-electron chi connectivity index (χ4n) is 1.88. The molecule has 0 fully saturated rings. The highest BCUT2D eigenvalue weighted by Gasteiger charge is 2.05. The lowest BCUT2D eigenvalue weighted by atomic mass is 10.1. The van der Waals surface area contributed by atoms with E-state index in [1.165, 1.54) is 5.56 Å². The second-order valence-corrected chi connectivity index (χ2v) is 4.12. The first-order valence-corrected chi connectivity index (χ1v) is 5.15. The van der Waals surface area contributed by atoms with Crippen molar-refractivity contribution in [1.82, 2.24) is 9.97 Å². The van der Waals surface area contributed by atoms with Crippen molar-refractivity contribution in [3.8, 4) is 0 Å². The van der Waals surface area contributed by atoms with Gasteiger partial charge in [-0.25, -0.2) is 0 Å². The normalized spacial score (nSPS) is 11.3. The van der Waals surface area contributed by atoms with Gasteiger partial charge in [0.15, 0.2) is 0 Å². The summed E-state index contributed by atoms with van der Waals surface area (Å²) < 4.78 is 0. The number of rotatable bonds is 0. The first kappa shape index (κ1) is 8.74. The first-order chi connectivity index (χ1) is 7.25. The van der Waals surface area contributed by atoms with E-state index in [1.54, 1.807) is 0 Å². The minimum atomic E-state index is 0.740. The number of hydrogen-bond acceptors (Lipinski definition) is 1. The Morgan fingerprint density at radius 3 is 3.00 bits per heavy atom. The molecule has 0 aliphatic rings. The Balaban J connectivity index is 2.57. The van der Waals surface area contributed by atoms with E-state index >= 15 is 0 Å². The molecule has 3 rings (SSSR count). The number of aryl methyl sites for hydroxylation is 1. The molecule has 2 aromatic heterocycles. The van der Waals surface area contributed by atoms with Crippen LogP contribution in [0.3, 0.4) is 0 Å². The van der Waals surface area contributed by atoms with Gasteiger partial charge in [-0.2, -0.15) is 0 Å². The average Bonchev–Trinajstić information content (AvgIpc) is 2.61. The fraction of sp³-hybridized carbons (Fsp3) is 0.0833. The van der Waals surface area contributed by atoms with E-state index in [4.69, 9.17) is 11.6 Å². The minimum Gasteiger partial charge on any atom is -0.360 e. The van der Waals surface area contributed by atoms with Crippen molar-refractivity contribution < 1.29 is 0 Å². The number of pyridine rings is 1. The Bertz CT molecular complexity index is 655. The third-order valence-corrected chi connectivity index (χ3v) is 2.92. The van der Waals surface area contributed by atoms with Gasteiger partial charge < -0.3 is 4.98 Å². The molecular weight excluding hydrogens is 208 g/mol. The van der Waals surface area contributed by atoms with Gasteiger partial charge in [-0.15, -0.1) is 0 Å². The predicted molar refractivity (Wildman–Crippen MR) is 63.3 cm³/mol. The van der Waals surface area contributed by atoms with Gasteiger partial charge in [0.1, 0.15) is 0 Å². The summed E-state index contributed by atoms with van der Waals surface area (Å²) in [5.74, 6) is 0. The first-order valence-electron chi connectivity index (χ1n) is 4.77. The van der Waals surface area contributed by atoms with Crippen LogP contribution in [0.15, 0.2) is 30.6 Å². The maximum Gasteiger partial charge on any atom is 0.0724 e. The monoisotopic (exact) mass is 216 g/mol. The molecule has 74 valence electrons. The molecule has 2 heterocycles. The molecule has 0 spiro atoms. The highest BCUT2D eigenvalue weighted by molar-refractivity contribution is 6.31. The zero-order valence-electron chi connectivity index (χ0n) is 8.21. The number of H-pyrrole nitrogens is 1. The fourth-order valence-corrected chi connectivity index (χ4v) is 2.05. The van der Waals surface area contributed by atoms with Gasteiger partial charge in [-0.3, -0.25) is 4.98 Å². The summed E-state index contributed by atoms with van der Waals surface area (Å²) in [5.41, 5.74) is 3.29. The van der Waals surface area contributed by atoms with Gasteiger partial charge in [-0.1, -0.05) is 11.6 Å². The molecule has 0 saturated carbocycles. The molecule has 0 radical (unpaired) electrons. The number of aromatic nitrogens is 2. The second kappa shape index (κ2) is 2.97. The van der Waals surface area contributed by atoms with Crippen LogP contribution in [0.25, 0.3) is 21.8 Å². The molecule has 1 N–H and O–H groups in total. The molecule has 0 amide bonds. The molecule has 0 aliphatic heterocycles. The molecule has 0 unspecified atom stereocenters. The standard InChI is InChI=1S/C12H9ClN2/c1-7-5-15-12-9-4-8(13)2-3-11(9)14-6-10(7)12/h2-6,15H,1H3. The lowest BCUT2D eigenvalue weighted by molar-refractivity contribution is 1.43. The number of nitrogens with zero attached hydrogens (tertiary/aromatic N) is 1. The molecule has 2 nitrogen and oxygen atoms in total. The third kappa shape index (κ3) is 1.22. The quantitative estimate of drug-likeness (QED) is 0.610. The lowest BCUT2D eigenvalue weighted by Gasteiger charge is -1.99. The summed E-state index contributed by atoms with van der Waals surface area (Å²) in [6, 6.07) is 5.74. The molecule has 15 heavy (non-hydrogen) atoms. The number of aromatic amines is 1. The van der Waals surface area contributed by atoms with Crippen LogP contribution in [-0.4, -0.2) is 9.97 Å². The number of hydrogen-bond donors (Lipinski definition) is 1. The van der Waals surface area contributed by atoms with Gasteiger partial charge in [0, 0.05) is 28.2 Å². The van der Waals surface area contributed by atoms with Crippen molar-refractivity contribution in [1.29, 1.82) is 0 Å². The average molecular weight is 217 g/mol. The third-order valence-electron chi connectivity index (χ3n) is 2.69. The Labute approximate surface area is 91.9 Å². The van der Waals surface area contributed by atoms with Gasteiger partial charge in [0.2, 0.25) is 0 Å². The van der Waals surface area contributed by atoms with E-state index in [0.717, 1.165) is 26.8 Å². The van der Waals surface area contributed by atoms with Gasteiger partial charge in [0.05, 0.1) is 11.0 Å². The zero-order valence-corrected chi connectivity index (χ0v) is 8.97. The van der Waals surface area contributed by atoms with E-state index in [0.29, 0.717) is 0 Å². The van der Waals surface area contributed by atoms with Crippen LogP contribution in [0, 0.1) is 6.92 Å². The van der Waals surface area contributed by atoms with Crippen molar-refractivity contribution in [2.24, 2.45) is 0 Å². The van der Waals surface area contributed by atoms with Crippen LogP contribution in [0.1, 0.15) is 5.56 Å². The summed E-state index contributed by atoms with van der Waals surface area (Å²) in [6.07, 6.45) is 3.89. The second-order valence-electron chi connectivity index (χ2n) is 3.68. The van der Waals surface area contributed by atoms with Gasteiger partial charge in [-0.05, 0) is 30.7 Å². The topological polar surface area (TPSA) is 28.7 Å². The van der Waals surface area contributed by atoms with Crippen LogP contribution in [0.2, 0.25) is 5.02 Å². The Morgan fingerprint density at radius 1 is 1.27 bits per heavy atom. The SMILES string of the molecule is Cc1c[nH]c2c1cnc1ccc(Cl)cc12. The van der Waals surface area contributed by atoms with Crippen molar-refractivity contribution in [2.45, 2.75) is 6.92 Å². The van der Waals surface area contributed by atoms with Gasteiger partial charge >= 0.3 is 0 Å². The van der Waals surface area contributed by atoms with E-state index < -0.39 is 0 Å². The number of benzene rings is 1. The molecule has 3 aromatic rings. The summed E-state index contributed by atoms with van der Waals surface area (Å²) in [7, 11) is 0. The maximum atomic E-state index is 5.98. The molecular formula is C12H9ClN2. The minimum absolute atomic E-state index is 0.740. The van der Waals surface area contributed by atoms with Crippen molar-refractivity contribution in [2.75, 3.05) is 0 Å². The van der Waals surface area contributed by atoms with Gasteiger partial charge in [0.25, 0.3) is 0 Å². The van der Waals surface area contributed by atoms with E-state index in [2.05, 4.69) is 16.9 Å². The number of nitrogens with one attached hydrogen (secondary N) is 1. The Morgan fingerprint density at radius 2 is 2.13 bits per heavy atom. The van der Waals surface area contributed by atoms with E-state index in [-0.39, 0.29) is 0 Å². The van der Waals surface area contributed by atoms with Crippen LogP contribution in [0.4, 0.5) is 0 Å². The van der Waals surface area contributed by atoms with Crippen molar-refractivity contribution in [3.05, 3.63) is 41.2 Å². The van der Waals surface area contributed by atoms with Crippen molar-refractivity contribution >= 4 is 33.4 Å². The van der Waals surface area contributed by atoms with Crippen LogP contribution in [0.5, 0.6) is 0 Å². The summed E-state index contributed by atoms with van der Waals surface area (Å²) >= 11 is 5.98. The highest BCUT2D eigenvalue weighted by atomic mass is 35.5. The summed E-state index contributed by atoms with van der Waals surface area (Å²) in [5, 5.41) is 2.97. The van der Waals surface area contributed by atoms with E-state index in [1.807, 2.05) is 30.6 Å². The van der Waals surface area contributed by atoms with Crippen LogP contribution in [-0.2, 0) is 0 Å².